The lowest BCUT2D eigenvalue weighted by molar-refractivity contribution is 0.109. The molecule has 1 aliphatic heterocycles. The van der Waals surface area contributed by atoms with Gasteiger partial charge < -0.3 is 14.6 Å². The van der Waals surface area contributed by atoms with E-state index < -0.39 is 0 Å². The van der Waals surface area contributed by atoms with Crippen molar-refractivity contribution >= 4 is 0 Å². The lowest BCUT2D eigenvalue weighted by Crippen LogP contribution is -2.31. The van der Waals surface area contributed by atoms with Gasteiger partial charge >= 0.3 is 0 Å². The van der Waals surface area contributed by atoms with Gasteiger partial charge in [-0.05, 0) is 26.7 Å². The average molecular weight is 223 g/mol. The van der Waals surface area contributed by atoms with Crippen LogP contribution in [0.1, 0.15) is 31.6 Å². The van der Waals surface area contributed by atoms with Crippen molar-refractivity contribution in [2.75, 3.05) is 19.7 Å². The van der Waals surface area contributed by atoms with Crippen molar-refractivity contribution in [2.24, 2.45) is 0 Å². The van der Waals surface area contributed by atoms with Crippen LogP contribution >= 0.6 is 0 Å². The van der Waals surface area contributed by atoms with Gasteiger partial charge in [0.05, 0.1) is 6.10 Å². The summed E-state index contributed by atoms with van der Waals surface area (Å²) in [6, 6.07) is 0.448. The number of aryl methyl sites for hydroxylation is 1. The summed E-state index contributed by atoms with van der Waals surface area (Å²) in [5.41, 5.74) is 0. The highest BCUT2D eigenvalue weighted by molar-refractivity contribution is 4.91. The van der Waals surface area contributed by atoms with Crippen LogP contribution in [0.25, 0.3) is 0 Å². The zero-order valence-corrected chi connectivity index (χ0v) is 10.1. The molecule has 0 aliphatic carbocycles. The number of imidazole rings is 1. The molecule has 4 heteroatoms. The second-order valence-electron chi connectivity index (χ2n) is 4.52. The monoisotopic (exact) mass is 223 g/mol. The summed E-state index contributed by atoms with van der Waals surface area (Å²) in [6.45, 7) is 7.12. The van der Waals surface area contributed by atoms with Crippen LogP contribution in [0.15, 0.2) is 12.4 Å². The first-order valence-electron chi connectivity index (χ1n) is 6.09. The third-order valence-corrected chi connectivity index (χ3v) is 3.17. The summed E-state index contributed by atoms with van der Waals surface area (Å²) in [7, 11) is 0. The van der Waals surface area contributed by atoms with E-state index in [0.717, 1.165) is 25.5 Å². The zero-order valence-electron chi connectivity index (χ0n) is 10.1. The van der Waals surface area contributed by atoms with Gasteiger partial charge in [-0.15, -0.1) is 0 Å². The van der Waals surface area contributed by atoms with Gasteiger partial charge in [0.2, 0.25) is 0 Å². The molecule has 1 N–H and O–H groups in total. The molecule has 16 heavy (non-hydrogen) atoms. The van der Waals surface area contributed by atoms with Gasteiger partial charge in [0.1, 0.15) is 5.82 Å². The van der Waals surface area contributed by atoms with Gasteiger partial charge in [0.15, 0.2) is 0 Å². The van der Waals surface area contributed by atoms with Crippen LogP contribution in [0, 0.1) is 6.92 Å². The van der Waals surface area contributed by atoms with E-state index in [9.17, 15) is 0 Å². The van der Waals surface area contributed by atoms with E-state index >= 15 is 0 Å². The van der Waals surface area contributed by atoms with Crippen LogP contribution in [0.3, 0.4) is 0 Å². The second-order valence-corrected chi connectivity index (χ2v) is 4.52. The summed E-state index contributed by atoms with van der Waals surface area (Å²) in [6.07, 6.45) is 6.73. The first-order chi connectivity index (χ1) is 7.77. The minimum absolute atomic E-state index is 0.427. The van der Waals surface area contributed by atoms with Crippen LogP contribution in [-0.2, 0) is 4.74 Å². The van der Waals surface area contributed by atoms with Gasteiger partial charge in [-0.3, -0.25) is 0 Å². The number of rotatable bonds is 5. The molecule has 90 valence electrons. The predicted octanol–water partition coefficient (Wildman–Crippen LogP) is 1.52. The van der Waals surface area contributed by atoms with E-state index in [2.05, 4.69) is 21.8 Å². The topological polar surface area (TPSA) is 39.1 Å². The molecule has 0 aromatic carbocycles. The highest BCUT2D eigenvalue weighted by atomic mass is 16.5. The minimum atomic E-state index is 0.427. The molecule has 0 amide bonds. The molecule has 0 saturated carbocycles. The summed E-state index contributed by atoms with van der Waals surface area (Å²) in [5.74, 6) is 1.08. The largest absolute Gasteiger partial charge is 0.377 e. The Labute approximate surface area is 97.0 Å². The maximum Gasteiger partial charge on any atom is 0.105 e. The lowest BCUT2D eigenvalue weighted by Gasteiger charge is -2.17. The van der Waals surface area contributed by atoms with E-state index in [1.54, 1.807) is 0 Å². The molecule has 0 radical (unpaired) electrons. The smallest absolute Gasteiger partial charge is 0.105 e. The number of hydrogen-bond acceptors (Lipinski definition) is 3. The number of nitrogens with one attached hydrogen (secondary N) is 1. The Morgan fingerprint density at radius 3 is 3.19 bits per heavy atom. The van der Waals surface area contributed by atoms with Gasteiger partial charge in [-0.1, -0.05) is 0 Å². The lowest BCUT2D eigenvalue weighted by atomic mass is 10.2. The van der Waals surface area contributed by atoms with Crippen LogP contribution < -0.4 is 5.32 Å². The van der Waals surface area contributed by atoms with Crippen molar-refractivity contribution in [1.82, 2.24) is 14.9 Å². The van der Waals surface area contributed by atoms with E-state index in [0.29, 0.717) is 12.1 Å². The molecule has 1 aromatic heterocycles. The Hall–Kier alpha value is -0.870. The number of ether oxygens (including phenoxy) is 1. The molecule has 2 rings (SSSR count). The maximum atomic E-state index is 5.57. The number of aromatic nitrogens is 2. The molecule has 2 heterocycles. The van der Waals surface area contributed by atoms with Crippen LogP contribution in [0.2, 0.25) is 0 Å². The van der Waals surface area contributed by atoms with Gasteiger partial charge in [0.25, 0.3) is 0 Å². The third kappa shape index (κ3) is 2.83. The first kappa shape index (κ1) is 11.6. The summed E-state index contributed by atoms with van der Waals surface area (Å²) in [5, 5.41) is 3.47. The molecule has 2 unspecified atom stereocenters. The van der Waals surface area contributed by atoms with E-state index in [4.69, 9.17) is 4.74 Å². The molecule has 1 fully saturated rings. The standard InChI is InChI=1S/C12H21N3O/c1-10(15-6-5-14-11(15)2)8-13-9-12-4-3-7-16-12/h5-6,10,12-13H,3-4,7-9H2,1-2H3. The molecule has 0 bridgehead atoms. The molecule has 0 spiro atoms. The van der Waals surface area contributed by atoms with Crippen molar-refractivity contribution in [3.05, 3.63) is 18.2 Å². The summed E-state index contributed by atoms with van der Waals surface area (Å²) in [4.78, 5) is 4.23. The molecule has 4 nitrogen and oxygen atoms in total. The summed E-state index contributed by atoms with van der Waals surface area (Å²) >= 11 is 0. The first-order valence-corrected chi connectivity index (χ1v) is 6.09. The Balaban J connectivity index is 1.71. The molecular weight excluding hydrogens is 202 g/mol. The van der Waals surface area contributed by atoms with E-state index in [1.807, 2.05) is 19.3 Å². The number of nitrogens with zero attached hydrogens (tertiary/aromatic N) is 2. The highest BCUT2D eigenvalue weighted by Crippen LogP contribution is 2.11. The Morgan fingerprint density at radius 2 is 2.56 bits per heavy atom. The molecule has 1 aromatic rings. The Bertz CT molecular complexity index is 318. The number of hydrogen-bond donors (Lipinski definition) is 1. The normalized spacial score (nSPS) is 22.5. The van der Waals surface area contributed by atoms with Gasteiger partial charge in [0, 0.05) is 38.1 Å². The van der Waals surface area contributed by atoms with Crippen molar-refractivity contribution in [3.63, 3.8) is 0 Å². The van der Waals surface area contributed by atoms with Crippen LogP contribution in [0.5, 0.6) is 0 Å². The van der Waals surface area contributed by atoms with E-state index in [-0.39, 0.29) is 0 Å². The van der Waals surface area contributed by atoms with Crippen molar-refractivity contribution in [3.8, 4) is 0 Å². The SMILES string of the molecule is Cc1nccn1C(C)CNCC1CCCO1. The average Bonchev–Trinajstić information content (AvgIpc) is 2.88. The third-order valence-electron chi connectivity index (χ3n) is 3.17. The summed E-state index contributed by atoms with van der Waals surface area (Å²) < 4.78 is 7.76. The molecular formula is C12H21N3O. The zero-order chi connectivity index (χ0) is 11.4. The van der Waals surface area contributed by atoms with Crippen LogP contribution in [-0.4, -0.2) is 35.4 Å². The van der Waals surface area contributed by atoms with Gasteiger partial charge in [-0.2, -0.15) is 0 Å². The predicted molar refractivity (Wildman–Crippen MR) is 63.5 cm³/mol. The van der Waals surface area contributed by atoms with Crippen LogP contribution in [0.4, 0.5) is 0 Å². The van der Waals surface area contributed by atoms with E-state index in [1.165, 1.54) is 12.8 Å². The molecule has 1 saturated heterocycles. The van der Waals surface area contributed by atoms with Crippen molar-refractivity contribution in [2.45, 2.75) is 38.8 Å². The molecule has 2 atom stereocenters. The highest BCUT2D eigenvalue weighted by Gasteiger charge is 2.15. The Kier molecular flexibility index (Phi) is 3.96. The fourth-order valence-electron chi connectivity index (χ4n) is 2.21. The second kappa shape index (κ2) is 5.46. The minimum Gasteiger partial charge on any atom is -0.377 e. The quantitative estimate of drug-likeness (QED) is 0.822. The fraction of sp³-hybridized carbons (Fsp3) is 0.750. The fourth-order valence-corrected chi connectivity index (χ4v) is 2.21. The Morgan fingerprint density at radius 1 is 1.69 bits per heavy atom. The van der Waals surface area contributed by atoms with Gasteiger partial charge in [-0.25, -0.2) is 4.98 Å². The molecule has 1 aliphatic rings. The maximum absolute atomic E-state index is 5.57. The van der Waals surface area contributed by atoms with Crippen molar-refractivity contribution < 1.29 is 4.74 Å². The van der Waals surface area contributed by atoms with Crippen molar-refractivity contribution in [1.29, 1.82) is 0 Å².